The highest BCUT2D eigenvalue weighted by Gasteiger charge is 2.24. The van der Waals surface area contributed by atoms with Gasteiger partial charge in [-0.3, -0.25) is 0 Å². The monoisotopic (exact) mass is 282 g/mol. The quantitative estimate of drug-likeness (QED) is 0.628. The average Bonchev–Trinajstić information content (AvgIpc) is 2.45. The summed E-state index contributed by atoms with van der Waals surface area (Å²) in [5.74, 6) is -1.07. The standard InChI is InChI=1S/C15H26N2O3/c1-3-11(2)13(14(18)19)17-15(20)16-10-9-12-7-5-4-6-8-12/h7,11,13H,3-6,8-10H2,1-2H3,(H,18,19)(H2,16,17,20)/t11?,13-/m0/s1. The number of carbonyl (C=O) groups excluding carboxylic acids is 1. The molecule has 0 aromatic heterocycles. The lowest BCUT2D eigenvalue weighted by Crippen LogP contribution is -2.49. The summed E-state index contributed by atoms with van der Waals surface area (Å²) >= 11 is 0. The molecule has 0 aromatic rings. The minimum atomic E-state index is -0.982. The summed E-state index contributed by atoms with van der Waals surface area (Å²) in [6.07, 6.45) is 8.56. The largest absolute Gasteiger partial charge is 0.480 e. The van der Waals surface area contributed by atoms with Crippen LogP contribution >= 0.6 is 0 Å². The lowest BCUT2D eigenvalue weighted by Gasteiger charge is -2.20. The summed E-state index contributed by atoms with van der Waals surface area (Å²) in [5, 5.41) is 14.4. The maximum Gasteiger partial charge on any atom is 0.326 e. The SMILES string of the molecule is CCC(C)[C@H](NC(=O)NCCC1=CCCCC1)C(=O)O. The molecule has 0 fully saturated rings. The Bertz CT molecular complexity index is 366. The molecule has 5 nitrogen and oxygen atoms in total. The van der Waals surface area contributed by atoms with Crippen LogP contribution in [0.1, 0.15) is 52.4 Å². The van der Waals surface area contributed by atoms with Crippen molar-refractivity contribution in [3.05, 3.63) is 11.6 Å². The number of nitrogens with one attached hydrogen (secondary N) is 2. The Morgan fingerprint density at radius 3 is 2.70 bits per heavy atom. The summed E-state index contributed by atoms with van der Waals surface area (Å²) in [4.78, 5) is 22.8. The van der Waals surface area contributed by atoms with Crippen LogP contribution < -0.4 is 10.6 Å². The summed E-state index contributed by atoms with van der Waals surface area (Å²) in [7, 11) is 0. The Morgan fingerprint density at radius 2 is 2.15 bits per heavy atom. The summed E-state index contributed by atoms with van der Waals surface area (Å²) in [6.45, 7) is 4.30. The molecule has 1 unspecified atom stereocenters. The number of aliphatic carboxylic acids is 1. The Labute approximate surface area is 120 Å². The van der Waals surface area contributed by atoms with Crippen LogP contribution in [0.3, 0.4) is 0 Å². The van der Waals surface area contributed by atoms with Crippen LogP contribution in [-0.4, -0.2) is 29.7 Å². The highest BCUT2D eigenvalue weighted by molar-refractivity contribution is 5.82. The number of hydrogen-bond acceptors (Lipinski definition) is 2. The van der Waals surface area contributed by atoms with Crippen molar-refractivity contribution < 1.29 is 14.7 Å². The number of carboxylic acid groups (broad SMARTS) is 1. The molecule has 3 N–H and O–H groups in total. The molecule has 0 spiro atoms. The van der Waals surface area contributed by atoms with Crippen molar-refractivity contribution in [1.82, 2.24) is 10.6 Å². The zero-order chi connectivity index (χ0) is 15.0. The van der Waals surface area contributed by atoms with Crippen molar-refractivity contribution in [1.29, 1.82) is 0 Å². The van der Waals surface area contributed by atoms with E-state index in [-0.39, 0.29) is 5.92 Å². The molecule has 2 amide bonds. The Morgan fingerprint density at radius 1 is 1.40 bits per heavy atom. The fourth-order valence-electron chi connectivity index (χ4n) is 2.34. The van der Waals surface area contributed by atoms with Gasteiger partial charge in [-0.05, 0) is 38.0 Å². The molecular formula is C15H26N2O3. The third-order valence-corrected chi connectivity index (χ3v) is 3.88. The summed E-state index contributed by atoms with van der Waals surface area (Å²) < 4.78 is 0. The van der Waals surface area contributed by atoms with Crippen LogP contribution in [0.4, 0.5) is 4.79 Å². The second-order valence-electron chi connectivity index (χ2n) is 5.46. The van der Waals surface area contributed by atoms with Gasteiger partial charge in [-0.2, -0.15) is 0 Å². The van der Waals surface area contributed by atoms with Crippen molar-refractivity contribution in [2.45, 2.75) is 58.4 Å². The van der Waals surface area contributed by atoms with Crippen molar-refractivity contribution in [3.8, 4) is 0 Å². The molecule has 0 radical (unpaired) electrons. The van der Waals surface area contributed by atoms with E-state index in [1.165, 1.54) is 18.4 Å². The molecule has 5 heteroatoms. The van der Waals surface area contributed by atoms with E-state index in [4.69, 9.17) is 5.11 Å². The third-order valence-electron chi connectivity index (χ3n) is 3.88. The first-order chi connectivity index (χ1) is 9.54. The van der Waals surface area contributed by atoms with E-state index in [1.807, 2.05) is 13.8 Å². The van der Waals surface area contributed by atoms with Gasteiger partial charge in [0, 0.05) is 6.54 Å². The minimum absolute atomic E-state index is 0.0840. The number of amides is 2. The first-order valence-corrected chi connectivity index (χ1v) is 7.49. The van der Waals surface area contributed by atoms with Gasteiger partial charge in [-0.25, -0.2) is 9.59 Å². The van der Waals surface area contributed by atoms with Crippen molar-refractivity contribution >= 4 is 12.0 Å². The van der Waals surface area contributed by atoms with Crippen molar-refractivity contribution in [2.24, 2.45) is 5.92 Å². The third kappa shape index (κ3) is 5.63. The molecule has 1 aliphatic carbocycles. The molecule has 1 rings (SSSR count). The molecule has 0 bridgehead atoms. The van der Waals surface area contributed by atoms with Crippen LogP contribution in [-0.2, 0) is 4.79 Å². The number of urea groups is 1. The number of hydrogen-bond donors (Lipinski definition) is 3. The number of allylic oxidation sites excluding steroid dienone is 1. The highest BCUT2D eigenvalue weighted by Crippen LogP contribution is 2.19. The first kappa shape index (κ1) is 16.5. The van der Waals surface area contributed by atoms with Gasteiger partial charge in [0.1, 0.15) is 6.04 Å². The lowest BCUT2D eigenvalue weighted by molar-refractivity contribution is -0.140. The molecule has 0 heterocycles. The molecule has 0 aliphatic heterocycles. The van der Waals surface area contributed by atoms with E-state index in [0.717, 1.165) is 19.3 Å². The fourth-order valence-corrected chi connectivity index (χ4v) is 2.34. The van der Waals surface area contributed by atoms with Gasteiger partial charge in [-0.1, -0.05) is 31.9 Å². The molecule has 20 heavy (non-hydrogen) atoms. The molecule has 0 saturated heterocycles. The molecule has 0 aromatic carbocycles. The van der Waals surface area contributed by atoms with Gasteiger partial charge < -0.3 is 15.7 Å². The van der Waals surface area contributed by atoms with Crippen LogP contribution in [0.15, 0.2) is 11.6 Å². The maximum atomic E-state index is 11.7. The van der Waals surface area contributed by atoms with Gasteiger partial charge >= 0.3 is 12.0 Å². The molecule has 1 aliphatic rings. The smallest absolute Gasteiger partial charge is 0.326 e. The number of carbonyl (C=O) groups is 2. The highest BCUT2D eigenvalue weighted by atomic mass is 16.4. The molecular weight excluding hydrogens is 256 g/mol. The Hall–Kier alpha value is -1.52. The first-order valence-electron chi connectivity index (χ1n) is 7.49. The van der Waals surface area contributed by atoms with Crippen LogP contribution in [0.2, 0.25) is 0 Å². The lowest BCUT2D eigenvalue weighted by atomic mass is 9.97. The zero-order valence-electron chi connectivity index (χ0n) is 12.4. The average molecular weight is 282 g/mol. The second kappa shape index (κ2) is 8.61. The fraction of sp³-hybridized carbons (Fsp3) is 0.733. The number of carboxylic acids is 1. The van der Waals surface area contributed by atoms with Crippen molar-refractivity contribution in [2.75, 3.05) is 6.54 Å². The maximum absolute atomic E-state index is 11.7. The summed E-state index contributed by atoms with van der Waals surface area (Å²) in [5.41, 5.74) is 1.40. The van der Waals surface area contributed by atoms with E-state index in [1.54, 1.807) is 0 Å². The Kier molecular flexibility index (Phi) is 7.12. The van der Waals surface area contributed by atoms with Gasteiger partial charge in [0.2, 0.25) is 0 Å². The minimum Gasteiger partial charge on any atom is -0.480 e. The van der Waals surface area contributed by atoms with E-state index in [2.05, 4.69) is 16.7 Å². The van der Waals surface area contributed by atoms with Crippen molar-refractivity contribution in [3.63, 3.8) is 0 Å². The van der Waals surface area contributed by atoms with Gasteiger partial charge in [0.25, 0.3) is 0 Å². The van der Waals surface area contributed by atoms with E-state index < -0.39 is 18.0 Å². The van der Waals surface area contributed by atoms with E-state index in [0.29, 0.717) is 13.0 Å². The van der Waals surface area contributed by atoms with Crippen LogP contribution in [0, 0.1) is 5.92 Å². The summed E-state index contributed by atoms with van der Waals surface area (Å²) in [6, 6.07) is -1.22. The van der Waals surface area contributed by atoms with Gasteiger partial charge in [-0.15, -0.1) is 0 Å². The predicted molar refractivity (Wildman–Crippen MR) is 78.6 cm³/mol. The molecule has 2 atom stereocenters. The molecule has 0 saturated carbocycles. The normalized spacial score (nSPS) is 17.8. The van der Waals surface area contributed by atoms with Crippen LogP contribution in [0.25, 0.3) is 0 Å². The number of rotatable bonds is 7. The topological polar surface area (TPSA) is 78.4 Å². The van der Waals surface area contributed by atoms with E-state index in [9.17, 15) is 9.59 Å². The molecule has 114 valence electrons. The second-order valence-corrected chi connectivity index (χ2v) is 5.46. The van der Waals surface area contributed by atoms with Gasteiger partial charge in [0.05, 0.1) is 0 Å². The predicted octanol–water partition coefficient (Wildman–Crippen LogP) is 2.68. The zero-order valence-corrected chi connectivity index (χ0v) is 12.4. The van der Waals surface area contributed by atoms with Gasteiger partial charge in [0.15, 0.2) is 0 Å². The van der Waals surface area contributed by atoms with Crippen LogP contribution in [0.5, 0.6) is 0 Å². The van der Waals surface area contributed by atoms with E-state index >= 15 is 0 Å². The Balaban J connectivity index is 2.31.